The van der Waals surface area contributed by atoms with Crippen molar-refractivity contribution in [3.05, 3.63) is 42.3 Å². The molecule has 1 aromatic rings. The molecule has 11 heavy (non-hydrogen) atoms. The van der Waals surface area contributed by atoms with E-state index in [-0.39, 0.29) is 0 Å². The van der Waals surface area contributed by atoms with Crippen molar-refractivity contribution in [1.29, 1.82) is 0 Å². The molecule has 0 unspecified atom stereocenters. The van der Waals surface area contributed by atoms with Crippen molar-refractivity contribution in [2.75, 3.05) is 6.61 Å². The van der Waals surface area contributed by atoms with Crippen LogP contribution < -0.4 is 4.74 Å². The van der Waals surface area contributed by atoms with Crippen LogP contribution in [0, 0.1) is 6.92 Å². The third-order valence-corrected chi connectivity index (χ3v) is 1.71. The van der Waals surface area contributed by atoms with Gasteiger partial charge in [-0.25, -0.2) is 0 Å². The minimum Gasteiger partial charge on any atom is -0.489 e. The van der Waals surface area contributed by atoms with Crippen LogP contribution in [-0.4, -0.2) is 6.61 Å². The molecule has 0 aromatic heterocycles. The molecule has 1 nitrogen and oxygen atoms in total. The Morgan fingerprint density at radius 3 is 3.18 bits per heavy atom. The lowest BCUT2D eigenvalue weighted by Crippen LogP contribution is -1.99. The van der Waals surface area contributed by atoms with Crippen molar-refractivity contribution in [3.8, 4) is 5.75 Å². The third kappa shape index (κ3) is 1.14. The zero-order valence-electron chi connectivity index (χ0n) is 6.21. The van der Waals surface area contributed by atoms with E-state index >= 15 is 0 Å². The van der Waals surface area contributed by atoms with E-state index in [0.717, 1.165) is 16.9 Å². The van der Waals surface area contributed by atoms with Crippen LogP contribution in [0.15, 0.2) is 24.3 Å². The monoisotopic (exact) mass is 145 g/mol. The van der Waals surface area contributed by atoms with Gasteiger partial charge in [0.15, 0.2) is 0 Å². The van der Waals surface area contributed by atoms with Gasteiger partial charge in [0.2, 0.25) is 0 Å². The van der Waals surface area contributed by atoms with Gasteiger partial charge in [0.1, 0.15) is 12.4 Å². The highest BCUT2D eigenvalue weighted by Gasteiger charge is 2.03. The summed E-state index contributed by atoms with van der Waals surface area (Å²) in [5.74, 6) is 0.958. The van der Waals surface area contributed by atoms with Gasteiger partial charge in [-0.3, -0.25) is 0 Å². The second-order valence-electron chi connectivity index (χ2n) is 2.59. The van der Waals surface area contributed by atoms with Crippen molar-refractivity contribution in [2.45, 2.75) is 0 Å². The minimum absolute atomic E-state index is 0.684. The van der Waals surface area contributed by atoms with Crippen molar-refractivity contribution >= 4 is 6.08 Å². The first kappa shape index (κ1) is 6.47. The van der Waals surface area contributed by atoms with Crippen LogP contribution in [0.1, 0.15) is 11.1 Å². The first-order valence-corrected chi connectivity index (χ1v) is 3.61. The molecule has 0 spiro atoms. The van der Waals surface area contributed by atoms with E-state index in [9.17, 15) is 0 Å². The molecule has 1 aliphatic heterocycles. The van der Waals surface area contributed by atoms with Gasteiger partial charge in [0.25, 0.3) is 0 Å². The summed E-state index contributed by atoms with van der Waals surface area (Å²) in [6.07, 6.45) is 4.06. The topological polar surface area (TPSA) is 9.23 Å². The SMILES string of the molecule is [CH2]c1ccc2c(c1)C=CCO2. The summed E-state index contributed by atoms with van der Waals surface area (Å²) in [6.45, 7) is 4.52. The van der Waals surface area contributed by atoms with Gasteiger partial charge in [-0.1, -0.05) is 12.1 Å². The molecule has 0 fully saturated rings. The van der Waals surface area contributed by atoms with E-state index in [0.29, 0.717) is 6.61 Å². The standard InChI is InChI=1S/C10H9O/c1-8-4-5-10-9(7-8)3-2-6-11-10/h2-5,7H,1,6H2. The molecule has 1 aliphatic rings. The van der Waals surface area contributed by atoms with Gasteiger partial charge in [-0.2, -0.15) is 0 Å². The average Bonchev–Trinajstić information content (AvgIpc) is 2.04. The minimum atomic E-state index is 0.684. The van der Waals surface area contributed by atoms with Crippen LogP contribution in [0.4, 0.5) is 0 Å². The van der Waals surface area contributed by atoms with Gasteiger partial charge in [0.05, 0.1) is 0 Å². The van der Waals surface area contributed by atoms with E-state index in [1.54, 1.807) is 0 Å². The molecule has 2 rings (SSSR count). The summed E-state index contributed by atoms with van der Waals surface area (Å²) in [5, 5.41) is 0. The summed E-state index contributed by atoms with van der Waals surface area (Å²) >= 11 is 0. The Balaban J connectivity index is 2.54. The second kappa shape index (κ2) is 2.42. The van der Waals surface area contributed by atoms with Crippen LogP contribution in [0.5, 0.6) is 5.75 Å². The predicted octanol–water partition coefficient (Wildman–Crippen LogP) is 2.27. The van der Waals surface area contributed by atoms with Gasteiger partial charge in [0, 0.05) is 5.56 Å². The highest BCUT2D eigenvalue weighted by Crippen LogP contribution is 2.23. The summed E-state index contributed by atoms with van der Waals surface area (Å²) in [6, 6.07) is 5.93. The number of fused-ring (bicyclic) bond motifs is 1. The van der Waals surface area contributed by atoms with Crippen LogP contribution in [0.3, 0.4) is 0 Å². The van der Waals surface area contributed by atoms with Gasteiger partial charge >= 0.3 is 0 Å². The van der Waals surface area contributed by atoms with Gasteiger partial charge in [-0.15, -0.1) is 0 Å². The molecule has 0 amide bonds. The van der Waals surface area contributed by atoms with E-state index < -0.39 is 0 Å². The number of hydrogen-bond acceptors (Lipinski definition) is 1. The van der Waals surface area contributed by atoms with Crippen LogP contribution in [0.25, 0.3) is 6.08 Å². The van der Waals surface area contributed by atoms with Crippen molar-refractivity contribution < 1.29 is 4.74 Å². The Kier molecular flexibility index (Phi) is 1.42. The Morgan fingerprint density at radius 1 is 1.36 bits per heavy atom. The fraction of sp³-hybridized carbons (Fsp3) is 0.100. The van der Waals surface area contributed by atoms with Crippen molar-refractivity contribution in [3.63, 3.8) is 0 Å². The lowest BCUT2D eigenvalue weighted by atomic mass is 10.1. The van der Waals surface area contributed by atoms with E-state index in [1.807, 2.05) is 24.3 Å². The second-order valence-corrected chi connectivity index (χ2v) is 2.59. The Morgan fingerprint density at radius 2 is 2.27 bits per heavy atom. The number of benzene rings is 1. The molecule has 1 aromatic carbocycles. The number of rotatable bonds is 0. The maximum atomic E-state index is 5.36. The fourth-order valence-electron chi connectivity index (χ4n) is 1.17. The van der Waals surface area contributed by atoms with Crippen molar-refractivity contribution in [2.24, 2.45) is 0 Å². The fourth-order valence-corrected chi connectivity index (χ4v) is 1.17. The Hall–Kier alpha value is -1.24. The molecule has 1 heteroatoms. The molecule has 0 aliphatic carbocycles. The van der Waals surface area contributed by atoms with E-state index in [4.69, 9.17) is 4.74 Å². The number of hydrogen-bond donors (Lipinski definition) is 0. The molecule has 55 valence electrons. The molecular formula is C10H9O. The lowest BCUT2D eigenvalue weighted by Gasteiger charge is -2.11. The number of ether oxygens (including phenoxy) is 1. The Bertz CT molecular complexity index is 300. The smallest absolute Gasteiger partial charge is 0.127 e. The first-order chi connectivity index (χ1) is 5.36. The summed E-state index contributed by atoms with van der Waals surface area (Å²) in [5.41, 5.74) is 2.16. The van der Waals surface area contributed by atoms with E-state index in [2.05, 4.69) is 13.0 Å². The summed E-state index contributed by atoms with van der Waals surface area (Å²) in [7, 11) is 0. The molecule has 0 N–H and O–H groups in total. The molecule has 0 saturated carbocycles. The highest BCUT2D eigenvalue weighted by atomic mass is 16.5. The first-order valence-electron chi connectivity index (χ1n) is 3.61. The summed E-state index contributed by atoms with van der Waals surface area (Å²) in [4.78, 5) is 0. The van der Waals surface area contributed by atoms with Gasteiger partial charge in [-0.05, 0) is 30.7 Å². The normalized spacial score (nSPS) is 13.9. The molecule has 0 atom stereocenters. The molecule has 1 radical (unpaired) electrons. The maximum absolute atomic E-state index is 5.36. The van der Waals surface area contributed by atoms with Crippen molar-refractivity contribution in [1.82, 2.24) is 0 Å². The highest BCUT2D eigenvalue weighted by molar-refractivity contribution is 5.60. The van der Waals surface area contributed by atoms with Gasteiger partial charge < -0.3 is 4.74 Å². The third-order valence-electron chi connectivity index (χ3n) is 1.71. The largest absolute Gasteiger partial charge is 0.489 e. The van der Waals surface area contributed by atoms with Crippen LogP contribution in [-0.2, 0) is 0 Å². The molecule has 1 heterocycles. The van der Waals surface area contributed by atoms with E-state index in [1.165, 1.54) is 0 Å². The molecule has 0 bridgehead atoms. The Labute approximate surface area is 66.3 Å². The summed E-state index contributed by atoms with van der Waals surface area (Å²) < 4.78 is 5.36. The zero-order valence-corrected chi connectivity index (χ0v) is 6.21. The van der Waals surface area contributed by atoms with Crippen LogP contribution in [0.2, 0.25) is 0 Å². The molecular weight excluding hydrogens is 136 g/mol. The maximum Gasteiger partial charge on any atom is 0.127 e. The quantitative estimate of drug-likeness (QED) is 0.544. The van der Waals surface area contributed by atoms with Crippen LogP contribution >= 0.6 is 0 Å². The molecule has 0 saturated heterocycles. The average molecular weight is 145 g/mol. The zero-order chi connectivity index (χ0) is 7.68. The predicted molar refractivity (Wildman–Crippen MR) is 45.4 cm³/mol. The lowest BCUT2D eigenvalue weighted by molar-refractivity contribution is 0.358.